The zero-order valence-corrected chi connectivity index (χ0v) is 13.0. The molecule has 0 aromatic carbocycles. The molecule has 2 bridgehead atoms. The van der Waals surface area contributed by atoms with E-state index in [-0.39, 0.29) is 12.0 Å². The van der Waals surface area contributed by atoms with Crippen molar-refractivity contribution in [2.45, 2.75) is 70.7 Å². The molecule has 19 heavy (non-hydrogen) atoms. The van der Waals surface area contributed by atoms with Crippen LogP contribution in [0.5, 0.6) is 0 Å². The van der Waals surface area contributed by atoms with Crippen molar-refractivity contribution in [3.05, 3.63) is 0 Å². The number of carbonyl (C=O) groups is 1. The molecule has 0 radical (unpaired) electrons. The number of nitrogens with zero attached hydrogens (tertiary/aromatic N) is 2. The Balaban J connectivity index is 1.96. The zero-order valence-electron chi connectivity index (χ0n) is 13.0. The van der Waals surface area contributed by atoms with E-state index in [1.807, 2.05) is 27.7 Å². The van der Waals surface area contributed by atoms with Crippen molar-refractivity contribution in [2.24, 2.45) is 0 Å². The molecule has 2 aliphatic heterocycles. The van der Waals surface area contributed by atoms with Crippen LogP contribution in [-0.2, 0) is 9.53 Å². The van der Waals surface area contributed by atoms with Gasteiger partial charge in [0.15, 0.2) is 0 Å². The van der Waals surface area contributed by atoms with Gasteiger partial charge < -0.3 is 4.74 Å². The topological polar surface area (TPSA) is 32.8 Å². The summed E-state index contributed by atoms with van der Waals surface area (Å²) >= 11 is 0. The number of likely N-dealkylation sites (N-methyl/N-ethyl adjacent to an activating group) is 1. The van der Waals surface area contributed by atoms with Crippen LogP contribution in [0.4, 0.5) is 0 Å². The molecule has 110 valence electrons. The van der Waals surface area contributed by atoms with Crippen LogP contribution < -0.4 is 0 Å². The van der Waals surface area contributed by atoms with E-state index in [1.165, 1.54) is 19.3 Å². The third kappa shape index (κ3) is 3.48. The van der Waals surface area contributed by atoms with Crippen LogP contribution in [0.25, 0.3) is 0 Å². The van der Waals surface area contributed by atoms with E-state index in [0.29, 0.717) is 12.1 Å². The van der Waals surface area contributed by atoms with Crippen molar-refractivity contribution < 1.29 is 9.53 Å². The van der Waals surface area contributed by atoms with Gasteiger partial charge >= 0.3 is 5.97 Å². The van der Waals surface area contributed by atoms with E-state index < -0.39 is 5.60 Å². The van der Waals surface area contributed by atoms with Gasteiger partial charge in [-0.2, -0.15) is 0 Å². The summed E-state index contributed by atoms with van der Waals surface area (Å²) in [6, 6.07) is 1.19. The third-order valence-corrected chi connectivity index (χ3v) is 4.48. The standard InChI is InChI=1S/C15H28N2O2/c1-11(14(18)19-15(2,3)4)17-9-8-12-6-7-13(10-17)16(12)5/h11-13H,6-10H2,1-5H3. The molecule has 2 saturated heterocycles. The van der Waals surface area contributed by atoms with E-state index in [0.717, 1.165) is 13.1 Å². The van der Waals surface area contributed by atoms with Crippen molar-refractivity contribution in [1.29, 1.82) is 0 Å². The minimum atomic E-state index is -0.396. The lowest BCUT2D eigenvalue weighted by molar-refractivity contribution is -0.160. The lowest BCUT2D eigenvalue weighted by Crippen LogP contribution is -2.46. The van der Waals surface area contributed by atoms with Crippen molar-refractivity contribution >= 4 is 5.97 Å². The number of carbonyl (C=O) groups excluding carboxylic acids is 1. The highest BCUT2D eigenvalue weighted by Crippen LogP contribution is 2.29. The minimum Gasteiger partial charge on any atom is -0.459 e. The second kappa shape index (κ2) is 5.41. The molecule has 2 heterocycles. The predicted molar refractivity (Wildman–Crippen MR) is 76.1 cm³/mol. The SMILES string of the molecule is CC(C(=O)OC(C)(C)C)N1CCC2CCC(C1)N2C. The summed E-state index contributed by atoms with van der Waals surface area (Å²) in [7, 11) is 2.23. The van der Waals surface area contributed by atoms with Crippen molar-refractivity contribution in [3.8, 4) is 0 Å². The molecule has 3 unspecified atom stereocenters. The third-order valence-electron chi connectivity index (χ3n) is 4.48. The first-order valence-corrected chi connectivity index (χ1v) is 7.47. The molecular formula is C15H28N2O2. The molecule has 3 atom stereocenters. The fraction of sp³-hybridized carbons (Fsp3) is 0.933. The highest BCUT2D eigenvalue weighted by atomic mass is 16.6. The van der Waals surface area contributed by atoms with E-state index in [1.54, 1.807) is 0 Å². The Kier molecular flexibility index (Phi) is 4.21. The smallest absolute Gasteiger partial charge is 0.323 e. The quantitative estimate of drug-likeness (QED) is 0.716. The van der Waals surface area contributed by atoms with Gasteiger partial charge in [0.2, 0.25) is 0 Å². The van der Waals surface area contributed by atoms with Gasteiger partial charge in [0, 0.05) is 25.2 Å². The highest BCUT2D eigenvalue weighted by molar-refractivity contribution is 5.75. The van der Waals surface area contributed by atoms with Crippen LogP contribution in [0.2, 0.25) is 0 Å². The summed E-state index contributed by atoms with van der Waals surface area (Å²) in [6.45, 7) is 9.76. The van der Waals surface area contributed by atoms with Gasteiger partial charge in [-0.3, -0.25) is 14.6 Å². The maximum atomic E-state index is 12.2. The Morgan fingerprint density at radius 2 is 1.84 bits per heavy atom. The van der Waals surface area contributed by atoms with Crippen molar-refractivity contribution in [1.82, 2.24) is 9.80 Å². The summed E-state index contributed by atoms with van der Waals surface area (Å²) in [6.07, 6.45) is 3.74. The average molecular weight is 268 g/mol. The molecule has 0 amide bonds. The van der Waals surface area contributed by atoms with Gasteiger partial charge in [0.25, 0.3) is 0 Å². The largest absolute Gasteiger partial charge is 0.459 e. The normalized spacial score (nSPS) is 31.0. The van der Waals surface area contributed by atoms with Gasteiger partial charge in [-0.25, -0.2) is 0 Å². The molecule has 4 nitrogen and oxygen atoms in total. The molecule has 2 fully saturated rings. The lowest BCUT2D eigenvalue weighted by Gasteiger charge is -2.31. The number of rotatable bonds is 2. The van der Waals surface area contributed by atoms with Crippen LogP contribution in [0.1, 0.15) is 47.0 Å². The first-order valence-electron chi connectivity index (χ1n) is 7.47. The van der Waals surface area contributed by atoms with Gasteiger partial charge in [-0.15, -0.1) is 0 Å². The van der Waals surface area contributed by atoms with Gasteiger partial charge in [-0.05, 0) is 54.0 Å². The van der Waals surface area contributed by atoms with E-state index in [9.17, 15) is 4.79 Å². The van der Waals surface area contributed by atoms with Gasteiger partial charge in [0.1, 0.15) is 11.6 Å². The molecular weight excluding hydrogens is 240 g/mol. The maximum Gasteiger partial charge on any atom is 0.323 e. The van der Waals surface area contributed by atoms with Crippen LogP contribution in [-0.4, -0.2) is 59.6 Å². The molecule has 4 heteroatoms. The predicted octanol–water partition coefficient (Wildman–Crippen LogP) is 1.89. The number of hydrogen-bond donors (Lipinski definition) is 0. The van der Waals surface area contributed by atoms with E-state index in [4.69, 9.17) is 4.74 Å². The molecule has 0 aromatic rings. The average Bonchev–Trinajstić information content (AvgIpc) is 2.50. The van der Waals surface area contributed by atoms with Gasteiger partial charge in [0.05, 0.1) is 0 Å². The van der Waals surface area contributed by atoms with Crippen LogP contribution in [0.15, 0.2) is 0 Å². The summed E-state index contributed by atoms with van der Waals surface area (Å²) in [4.78, 5) is 17.0. The fourth-order valence-corrected chi connectivity index (χ4v) is 3.22. The first-order chi connectivity index (χ1) is 8.78. The second-order valence-electron chi connectivity index (χ2n) is 7.04. The Morgan fingerprint density at radius 1 is 1.21 bits per heavy atom. The van der Waals surface area contributed by atoms with Crippen LogP contribution in [0.3, 0.4) is 0 Å². The molecule has 0 aromatic heterocycles. The lowest BCUT2D eigenvalue weighted by atomic mass is 10.1. The van der Waals surface area contributed by atoms with Crippen LogP contribution >= 0.6 is 0 Å². The molecule has 0 N–H and O–H groups in total. The van der Waals surface area contributed by atoms with Crippen molar-refractivity contribution in [3.63, 3.8) is 0 Å². The number of likely N-dealkylation sites (tertiary alicyclic amines) is 1. The monoisotopic (exact) mass is 268 g/mol. The molecule has 0 saturated carbocycles. The Bertz CT molecular complexity index is 338. The number of hydrogen-bond acceptors (Lipinski definition) is 4. The van der Waals surface area contributed by atoms with E-state index >= 15 is 0 Å². The summed E-state index contributed by atoms with van der Waals surface area (Å²) in [5.74, 6) is -0.0899. The molecule has 0 spiro atoms. The van der Waals surface area contributed by atoms with E-state index in [2.05, 4.69) is 16.8 Å². The maximum absolute atomic E-state index is 12.2. The fourth-order valence-electron chi connectivity index (χ4n) is 3.22. The van der Waals surface area contributed by atoms with Crippen molar-refractivity contribution in [2.75, 3.05) is 20.1 Å². The summed E-state index contributed by atoms with van der Waals surface area (Å²) < 4.78 is 5.51. The highest BCUT2D eigenvalue weighted by Gasteiger charge is 2.37. The Labute approximate surface area is 117 Å². The summed E-state index contributed by atoms with van der Waals surface area (Å²) in [5, 5.41) is 0. The number of ether oxygens (including phenoxy) is 1. The number of esters is 1. The Hall–Kier alpha value is -0.610. The van der Waals surface area contributed by atoms with Crippen LogP contribution in [0, 0.1) is 0 Å². The second-order valence-corrected chi connectivity index (χ2v) is 7.04. The summed E-state index contributed by atoms with van der Waals surface area (Å²) in [5.41, 5.74) is -0.396. The van der Waals surface area contributed by atoms with Gasteiger partial charge in [-0.1, -0.05) is 0 Å². The minimum absolute atomic E-state index is 0.0899. The molecule has 2 aliphatic rings. The molecule has 2 rings (SSSR count). The number of fused-ring (bicyclic) bond motifs is 2. The first kappa shape index (κ1) is 14.8. The zero-order chi connectivity index (χ0) is 14.2. The Morgan fingerprint density at radius 3 is 2.47 bits per heavy atom. The molecule has 0 aliphatic carbocycles.